The van der Waals surface area contributed by atoms with Crippen LogP contribution in [0.4, 0.5) is 4.79 Å². The van der Waals surface area contributed by atoms with Crippen LogP contribution < -0.4 is 0 Å². The second-order valence-corrected chi connectivity index (χ2v) is 5.86. The average Bonchev–Trinajstić information content (AvgIpc) is 2.72. The molecule has 0 radical (unpaired) electrons. The zero-order valence-electron chi connectivity index (χ0n) is 11.9. The van der Waals surface area contributed by atoms with Gasteiger partial charge in [0.2, 0.25) is 0 Å². The van der Waals surface area contributed by atoms with E-state index in [-0.39, 0.29) is 11.7 Å². The first-order valence-electron chi connectivity index (χ1n) is 7.23. The Morgan fingerprint density at radius 2 is 2.30 bits per heavy atom. The monoisotopic (exact) mass is 275 g/mol. The van der Waals surface area contributed by atoms with E-state index in [4.69, 9.17) is 4.74 Å². The molecule has 0 unspecified atom stereocenters. The third kappa shape index (κ3) is 2.77. The van der Waals surface area contributed by atoms with Crippen molar-refractivity contribution in [3.63, 3.8) is 0 Å². The lowest BCUT2D eigenvalue weighted by atomic mass is 9.92. The Balaban J connectivity index is 1.57. The van der Waals surface area contributed by atoms with E-state index in [1.807, 2.05) is 25.4 Å². The molecule has 5 nitrogen and oxygen atoms in total. The fraction of sp³-hybridized carbons (Fsp3) is 0.600. The molecular weight excluding hydrogens is 254 g/mol. The van der Waals surface area contributed by atoms with Gasteiger partial charge in [0.05, 0.1) is 6.54 Å². The summed E-state index contributed by atoms with van der Waals surface area (Å²) in [5.74, 6) is 0. The summed E-state index contributed by atoms with van der Waals surface area (Å²) in [5, 5.41) is 0. The molecule has 2 saturated heterocycles. The third-order valence-electron chi connectivity index (χ3n) is 4.17. The van der Waals surface area contributed by atoms with Gasteiger partial charge in [0, 0.05) is 38.4 Å². The fourth-order valence-corrected chi connectivity index (χ4v) is 3.20. The summed E-state index contributed by atoms with van der Waals surface area (Å²) in [6, 6.07) is 6.02. The average molecular weight is 275 g/mol. The van der Waals surface area contributed by atoms with Crippen LogP contribution in [0.2, 0.25) is 0 Å². The van der Waals surface area contributed by atoms with Crippen molar-refractivity contribution in [3.05, 3.63) is 30.1 Å². The smallest absolute Gasteiger partial charge is 0.410 e. The van der Waals surface area contributed by atoms with Crippen molar-refractivity contribution < 1.29 is 9.53 Å². The highest BCUT2D eigenvalue weighted by Crippen LogP contribution is 2.31. The van der Waals surface area contributed by atoms with Gasteiger partial charge in [-0.1, -0.05) is 6.07 Å². The van der Waals surface area contributed by atoms with Crippen LogP contribution in [0.3, 0.4) is 0 Å². The lowest BCUT2D eigenvalue weighted by molar-refractivity contribution is -0.00840. The van der Waals surface area contributed by atoms with Gasteiger partial charge in [-0.3, -0.25) is 9.88 Å². The minimum atomic E-state index is -0.284. The lowest BCUT2D eigenvalue weighted by Gasteiger charge is -2.38. The molecule has 1 spiro atoms. The van der Waals surface area contributed by atoms with E-state index >= 15 is 0 Å². The molecule has 0 saturated carbocycles. The number of hydrogen-bond acceptors (Lipinski definition) is 4. The number of ether oxygens (including phenoxy) is 1. The summed E-state index contributed by atoms with van der Waals surface area (Å²) in [4.78, 5) is 20.0. The van der Waals surface area contributed by atoms with Crippen LogP contribution in [-0.4, -0.2) is 59.7 Å². The first-order valence-corrected chi connectivity index (χ1v) is 7.23. The second-order valence-electron chi connectivity index (χ2n) is 5.86. The van der Waals surface area contributed by atoms with Crippen molar-refractivity contribution in [2.45, 2.75) is 24.9 Å². The molecular formula is C15H21N3O2. The number of rotatable bonds is 3. The van der Waals surface area contributed by atoms with E-state index in [1.165, 1.54) is 0 Å². The van der Waals surface area contributed by atoms with Gasteiger partial charge >= 0.3 is 6.09 Å². The van der Waals surface area contributed by atoms with Crippen LogP contribution in [0.15, 0.2) is 24.4 Å². The Labute approximate surface area is 119 Å². The minimum absolute atomic E-state index is 0.184. The summed E-state index contributed by atoms with van der Waals surface area (Å²) in [6.07, 6.45) is 4.66. The SMILES string of the molecule is CN1C[C@]2(CCCN(CCc3ccccn3)C2)OC1=O. The number of carbonyl (C=O) groups is 1. The highest BCUT2D eigenvalue weighted by molar-refractivity contribution is 5.70. The number of hydrogen-bond donors (Lipinski definition) is 0. The summed E-state index contributed by atoms with van der Waals surface area (Å²) in [6.45, 7) is 3.61. The molecule has 2 fully saturated rings. The molecule has 1 aromatic rings. The maximum atomic E-state index is 11.6. The van der Waals surface area contributed by atoms with Crippen molar-refractivity contribution in [2.75, 3.05) is 33.2 Å². The molecule has 3 heterocycles. The predicted molar refractivity (Wildman–Crippen MR) is 75.5 cm³/mol. The molecule has 0 aromatic carbocycles. The highest BCUT2D eigenvalue weighted by atomic mass is 16.6. The van der Waals surface area contributed by atoms with E-state index in [0.29, 0.717) is 6.54 Å². The summed E-state index contributed by atoms with van der Waals surface area (Å²) in [5.41, 5.74) is 0.835. The van der Waals surface area contributed by atoms with Crippen LogP contribution in [0.5, 0.6) is 0 Å². The molecule has 20 heavy (non-hydrogen) atoms. The maximum absolute atomic E-state index is 11.6. The van der Waals surface area contributed by atoms with E-state index < -0.39 is 0 Å². The zero-order valence-corrected chi connectivity index (χ0v) is 11.9. The molecule has 0 N–H and O–H groups in total. The van der Waals surface area contributed by atoms with Gasteiger partial charge in [0.25, 0.3) is 0 Å². The zero-order chi connectivity index (χ0) is 14.0. The number of nitrogens with zero attached hydrogens (tertiary/aromatic N) is 3. The van der Waals surface area contributed by atoms with Crippen molar-refractivity contribution in [1.29, 1.82) is 0 Å². The Hall–Kier alpha value is -1.62. The largest absolute Gasteiger partial charge is 0.440 e. The molecule has 2 aliphatic heterocycles. The van der Waals surface area contributed by atoms with Crippen molar-refractivity contribution in [1.82, 2.24) is 14.8 Å². The molecule has 1 atom stereocenters. The number of amides is 1. The van der Waals surface area contributed by atoms with Crippen LogP contribution >= 0.6 is 0 Å². The number of likely N-dealkylation sites (N-methyl/N-ethyl adjacent to an activating group) is 1. The Morgan fingerprint density at radius 3 is 3.00 bits per heavy atom. The fourth-order valence-electron chi connectivity index (χ4n) is 3.20. The van der Waals surface area contributed by atoms with Crippen LogP contribution in [-0.2, 0) is 11.2 Å². The topological polar surface area (TPSA) is 45.7 Å². The van der Waals surface area contributed by atoms with Crippen LogP contribution in [0.25, 0.3) is 0 Å². The molecule has 108 valence electrons. The van der Waals surface area contributed by atoms with Gasteiger partial charge in [-0.05, 0) is 31.5 Å². The molecule has 2 aliphatic rings. The maximum Gasteiger partial charge on any atom is 0.410 e. The number of carbonyl (C=O) groups excluding carboxylic acids is 1. The normalized spacial score (nSPS) is 27.1. The standard InChI is InChI=1S/C15H21N3O2/c1-17-11-15(20-14(17)19)7-4-9-18(12-15)10-6-13-5-2-3-8-16-13/h2-3,5,8H,4,6-7,9-12H2,1H3/t15-/m0/s1. The van der Waals surface area contributed by atoms with Crippen molar-refractivity contribution in [2.24, 2.45) is 0 Å². The lowest BCUT2D eigenvalue weighted by Crippen LogP contribution is -2.50. The Kier molecular flexibility index (Phi) is 3.61. The quantitative estimate of drug-likeness (QED) is 0.839. The predicted octanol–water partition coefficient (Wildman–Crippen LogP) is 1.54. The number of aromatic nitrogens is 1. The second kappa shape index (κ2) is 5.40. The van der Waals surface area contributed by atoms with Crippen molar-refractivity contribution in [3.8, 4) is 0 Å². The van der Waals surface area contributed by atoms with Crippen LogP contribution in [0.1, 0.15) is 18.5 Å². The molecule has 1 amide bonds. The number of piperidine rings is 1. The molecule has 1 aromatic heterocycles. The van der Waals surface area contributed by atoms with Gasteiger partial charge in [-0.25, -0.2) is 4.79 Å². The molecule has 5 heteroatoms. The first-order chi connectivity index (χ1) is 9.67. The molecule has 3 rings (SSSR count). The van der Waals surface area contributed by atoms with Gasteiger partial charge in [0.1, 0.15) is 5.60 Å². The van der Waals surface area contributed by atoms with E-state index in [1.54, 1.807) is 4.90 Å². The van der Waals surface area contributed by atoms with Crippen LogP contribution in [0, 0.1) is 0 Å². The van der Waals surface area contributed by atoms with Gasteiger partial charge < -0.3 is 9.64 Å². The summed E-state index contributed by atoms with van der Waals surface area (Å²) >= 11 is 0. The number of likely N-dealkylation sites (tertiary alicyclic amines) is 1. The minimum Gasteiger partial charge on any atom is -0.440 e. The molecule has 0 aliphatic carbocycles. The first kappa shape index (κ1) is 13.4. The third-order valence-corrected chi connectivity index (χ3v) is 4.17. The van der Waals surface area contributed by atoms with E-state index in [2.05, 4.69) is 16.0 Å². The highest BCUT2D eigenvalue weighted by Gasteiger charge is 2.46. The van der Waals surface area contributed by atoms with Gasteiger partial charge in [-0.2, -0.15) is 0 Å². The van der Waals surface area contributed by atoms with Gasteiger partial charge in [-0.15, -0.1) is 0 Å². The summed E-state index contributed by atoms with van der Waals surface area (Å²) in [7, 11) is 1.81. The van der Waals surface area contributed by atoms with Crippen molar-refractivity contribution >= 4 is 6.09 Å². The summed E-state index contributed by atoms with van der Waals surface area (Å²) < 4.78 is 5.61. The molecule has 0 bridgehead atoms. The van der Waals surface area contributed by atoms with E-state index in [0.717, 1.165) is 44.6 Å². The van der Waals surface area contributed by atoms with Gasteiger partial charge in [0.15, 0.2) is 0 Å². The Morgan fingerprint density at radius 1 is 1.40 bits per heavy atom. The number of pyridine rings is 1. The Bertz CT molecular complexity index is 479. The van der Waals surface area contributed by atoms with E-state index in [9.17, 15) is 4.79 Å².